The summed E-state index contributed by atoms with van der Waals surface area (Å²) < 4.78 is 32.7. The summed E-state index contributed by atoms with van der Waals surface area (Å²) in [6.45, 7) is 2.83. The summed E-state index contributed by atoms with van der Waals surface area (Å²) in [5, 5.41) is 6.74. The molecule has 154 valence electrons. The quantitative estimate of drug-likeness (QED) is 0.620. The minimum absolute atomic E-state index is 0.0463. The number of sulfonamides is 1. The Morgan fingerprint density at radius 2 is 1.80 bits per heavy atom. The van der Waals surface area contributed by atoms with Gasteiger partial charge in [0.2, 0.25) is 10.0 Å². The van der Waals surface area contributed by atoms with Crippen LogP contribution in [-0.2, 0) is 14.8 Å². The predicted molar refractivity (Wildman–Crippen MR) is 106 cm³/mol. The van der Waals surface area contributed by atoms with Gasteiger partial charge in [-0.25, -0.2) is 13.3 Å². The third-order valence-corrected chi connectivity index (χ3v) is 7.20. The molecule has 0 atom stereocenters. The number of pyridine rings is 1. The van der Waals surface area contributed by atoms with Gasteiger partial charge in [-0.2, -0.15) is 9.40 Å². The summed E-state index contributed by atoms with van der Waals surface area (Å²) in [4.78, 5) is 31.6. The first-order valence-electron chi connectivity index (χ1n) is 9.30. The smallest absolute Gasteiger partial charge is 0.269 e. The van der Waals surface area contributed by atoms with Crippen LogP contribution in [0.1, 0.15) is 26.4 Å². The number of amides is 2. The predicted octanol–water partition coefficient (Wildman–Crippen LogP) is 1.09. The third-order valence-electron chi connectivity index (χ3n) is 5.31. The van der Waals surface area contributed by atoms with Crippen LogP contribution in [0, 0.1) is 6.92 Å². The Hall–Kier alpha value is -3.15. The Morgan fingerprint density at radius 3 is 2.50 bits per heavy atom. The average molecular weight is 427 g/mol. The first kappa shape index (κ1) is 18.9. The van der Waals surface area contributed by atoms with Crippen molar-refractivity contribution in [2.24, 2.45) is 0 Å². The number of carbonyl (C=O) groups excluding carboxylic acids is 2. The molecule has 0 radical (unpaired) electrons. The van der Waals surface area contributed by atoms with E-state index in [0.717, 1.165) is 4.90 Å². The number of aryl methyl sites for hydroxylation is 1. The van der Waals surface area contributed by atoms with E-state index in [0.29, 0.717) is 29.8 Å². The molecule has 30 heavy (non-hydrogen) atoms. The second-order valence-electron chi connectivity index (χ2n) is 7.03. The number of H-pyrrole nitrogens is 1. The molecule has 0 aliphatic carbocycles. The van der Waals surface area contributed by atoms with Crippen LogP contribution in [0.15, 0.2) is 35.4 Å². The Balaban J connectivity index is 1.69. The number of imide groups is 1. The molecule has 3 aromatic rings. The number of nitrogens with one attached hydrogen (secondary N) is 1. The van der Waals surface area contributed by atoms with E-state index in [-0.39, 0.29) is 34.9 Å². The highest BCUT2D eigenvalue weighted by Gasteiger charge is 2.41. The van der Waals surface area contributed by atoms with E-state index in [2.05, 4.69) is 15.2 Å². The summed E-state index contributed by atoms with van der Waals surface area (Å²) in [5.41, 5.74) is 1.17. The highest BCUT2D eigenvalue weighted by molar-refractivity contribution is 7.89. The second-order valence-corrected chi connectivity index (χ2v) is 8.97. The van der Waals surface area contributed by atoms with Gasteiger partial charge < -0.3 is 4.74 Å². The maximum atomic E-state index is 13.2. The number of ether oxygens (including phenoxy) is 1. The van der Waals surface area contributed by atoms with Crippen molar-refractivity contribution < 1.29 is 22.7 Å². The maximum absolute atomic E-state index is 13.2. The molecule has 2 amide bonds. The summed E-state index contributed by atoms with van der Waals surface area (Å²) in [7, 11) is -3.77. The molecule has 0 unspecified atom stereocenters. The van der Waals surface area contributed by atoms with Gasteiger partial charge in [-0.3, -0.25) is 19.7 Å². The molecule has 5 rings (SSSR count). The standard InChI is InChI=1S/C19H17N5O5S/c1-11-16-17(19(26)24(18(16)25)15-4-5-20-22-15)13-10-12(2-3-14(13)21-11)30(27,28)23-6-8-29-9-7-23/h2-5,10H,6-9H2,1H3,(H,20,22). The number of aromatic nitrogens is 3. The fourth-order valence-corrected chi connectivity index (χ4v) is 5.29. The van der Waals surface area contributed by atoms with E-state index in [1.165, 1.54) is 28.7 Å². The summed E-state index contributed by atoms with van der Waals surface area (Å²) in [6, 6.07) is 5.97. The van der Waals surface area contributed by atoms with Gasteiger partial charge in [-0.05, 0) is 25.1 Å². The van der Waals surface area contributed by atoms with E-state index >= 15 is 0 Å². The van der Waals surface area contributed by atoms with Crippen molar-refractivity contribution >= 4 is 38.6 Å². The molecule has 2 aromatic heterocycles. The zero-order chi connectivity index (χ0) is 21.0. The van der Waals surface area contributed by atoms with Gasteiger partial charge in [0.15, 0.2) is 0 Å². The van der Waals surface area contributed by atoms with Gasteiger partial charge in [0.1, 0.15) is 5.82 Å². The second kappa shape index (κ2) is 6.69. The average Bonchev–Trinajstić information content (AvgIpc) is 3.35. The highest BCUT2D eigenvalue weighted by atomic mass is 32.2. The molecule has 11 heteroatoms. The van der Waals surface area contributed by atoms with Crippen molar-refractivity contribution in [1.82, 2.24) is 19.5 Å². The van der Waals surface area contributed by atoms with Crippen molar-refractivity contribution in [2.75, 3.05) is 31.2 Å². The fraction of sp³-hybridized carbons (Fsp3) is 0.263. The maximum Gasteiger partial charge on any atom is 0.269 e. The molecule has 1 aromatic carbocycles. The highest BCUT2D eigenvalue weighted by Crippen LogP contribution is 2.34. The van der Waals surface area contributed by atoms with Crippen molar-refractivity contribution in [3.63, 3.8) is 0 Å². The van der Waals surface area contributed by atoms with Crippen LogP contribution >= 0.6 is 0 Å². The first-order valence-corrected chi connectivity index (χ1v) is 10.7. The van der Waals surface area contributed by atoms with Crippen LogP contribution in [0.4, 0.5) is 5.82 Å². The van der Waals surface area contributed by atoms with Crippen LogP contribution in [0.5, 0.6) is 0 Å². The summed E-state index contributed by atoms with van der Waals surface area (Å²) >= 11 is 0. The molecule has 0 saturated carbocycles. The summed E-state index contributed by atoms with van der Waals surface area (Å²) in [5.74, 6) is -0.825. The first-order chi connectivity index (χ1) is 14.4. The van der Waals surface area contributed by atoms with Crippen LogP contribution in [0.3, 0.4) is 0 Å². The van der Waals surface area contributed by atoms with E-state index in [1.807, 2.05) is 0 Å². The van der Waals surface area contributed by atoms with Crippen LogP contribution in [-0.4, -0.2) is 66.0 Å². The van der Waals surface area contributed by atoms with Crippen LogP contribution in [0.2, 0.25) is 0 Å². The number of nitrogens with zero attached hydrogens (tertiary/aromatic N) is 4. The van der Waals surface area contributed by atoms with Crippen molar-refractivity contribution in [2.45, 2.75) is 11.8 Å². The molecule has 4 heterocycles. The van der Waals surface area contributed by atoms with Gasteiger partial charge in [0.25, 0.3) is 11.8 Å². The van der Waals surface area contributed by atoms with E-state index in [4.69, 9.17) is 4.74 Å². The SMILES string of the molecule is Cc1nc2ccc(S(=O)(=O)N3CCOCC3)cc2c2c1C(=O)N(c1ccn[nH]1)C2=O. The number of anilines is 1. The number of fused-ring (bicyclic) bond motifs is 3. The largest absolute Gasteiger partial charge is 0.379 e. The van der Waals surface area contributed by atoms with Crippen molar-refractivity contribution in [1.29, 1.82) is 0 Å². The molecule has 1 saturated heterocycles. The minimum Gasteiger partial charge on any atom is -0.379 e. The lowest BCUT2D eigenvalue weighted by Crippen LogP contribution is -2.40. The Bertz CT molecular complexity index is 1300. The fourth-order valence-electron chi connectivity index (χ4n) is 3.85. The topological polar surface area (TPSA) is 126 Å². The van der Waals surface area contributed by atoms with Crippen LogP contribution < -0.4 is 4.90 Å². The lowest BCUT2D eigenvalue weighted by Gasteiger charge is -2.26. The zero-order valence-corrected chi connectivity index (χ0v) is 16.8. The number of aromatic amines is 1. The van der Waals surface area contributed by atoms with Crippen molar-refractivity contribution in [3.05, 3.63) is 47.3 Å². The van der Waals surface area contributed by atoms with E-state index in [1.54, 1.807) is 13.0 Å². The number of hydrogen-bond donors (Lipinski definition) is 1. The number of rotatable bonds is 3. The van der Waals surface area contributed by atoms with Gasteiger partial charge in [-0.15, -0.1) is 0 Å². The minimum atomic E-state index is -3.77. The molecule has 0 spiro atoms. The Labute approximate surface area is 171 Å². The van der Waals surface area contributed by atoms with Gasteiger partial charge in [-0.1, -0.05) is 0 Å². The molecule has 0 bridgehead atoms. The van der Waals surface area contributed by atoms with Gasteiger partial charge in [0, 0.05) is 24.5 Å². The van der Waals surface area contributed by atoms with Crippen LogP contribution in [0.25, 0.3) is 10.9 Å². The van der Waals surface area contributed by atoms with Crippen molar-refractivity contribution in [3.8, 4) is 0 Å². The number of carbonyl (C=O) groups is 2. The summed E-state index contributed by atoms with van der Waals surface area (Å²) in [6.07, 6.45) is 1.44. The normalized spacial score (nSPS) is 17.7. The number of benzene rings is 1. The zero-order valence-electron chi connectivity index (χ0n) is 16.0. The Kier molecular flexibility index (Phi) is 4.20. The molecule has 10 nitrogen and oxygen atoms in total. The van der Waals surface area contributed by atoms with Gasteiger partial charge in [0.05, 0.1) is 46.6 Å². The molecule has 2 aliphatic heterocycles. The molecule has 1 fully saturated rings. The van der Waals surface area contributed by atoms with Gasteiger partial charge >= 0.3 is 0 Å². The molecule has 1 N–H and O–H groups in total. The third kappa shape index (κ3) is 2.66. The van der Waals surface area contributed by atoms with E-state index < -0.39 is 21.8 Å². The molecule has 2 aliphatic rings. The molecular weight excluding hydrogens is 410 g/mol. The van der Waals surface area contributed by atoms with E-state index in [9.17, 15) is 18.0 Å². The lowest BCUT2D eigenvalue weighted by molar-refractivity contribution is 0.0730. The Morgan fingerprint density at radius 1 is 1.07 bits per heavy atom. The number of hydrogen-bond acceptors (Lipinski definition) is 7. The monoisotopic (exact) mass is 427 g/mol. The lowest BCUT2D eigenvalue weighted by atomic mass is 10.0. The number of morpholine rings is 1. The molecular formula is C19H17N5O5S.